The first kappa shape index (κ1) is 19.6. The van der Waals surface area contributed by atoms with Crippen LogP contribution < -0.4 is 5.32 Å². The van der Waals surface area contributed by atoms with E-state index < -0.39 is 27.9 Å². The summed E-state index contributed by atoms with van der Waals surface area (Å²) in [6.07, 6.45) is 4.29. The van der Waals surface area contributed by atoms with Gasteiger partial charge in [0.25, 0.3) is 10.0 Å². The van der Waals surface area contributed by atoms with E-state index in [2.05, 4.69) is 11.4 Å². The number of carbonyl (C=O) groups excluding carboxylic acids is 2. The number of nitrogens with zero attached hydrogens (tertiary/aromatic N) is 1. The van der Waals surface area contributed by atoms with E-state index in [4.69, 9.17) is 0 Å². The quantitative estimate of drug-likeness (QED) is 0.836. The highest BCUT2D eigenvalue weighted by atomic mass is 32.2. The molecule has 1 atom stereocenters. The fraction of sp³-hybridized carbons (Fsp3) is 0.364. The zero-order valence-corrected chi connectivity index (χ0v) is 17.2. The molecule has 1 saturated heterocycles. The second-order valence-corrected chi connectivity index (χ2v) is 9.52. The van der Waals surface area contributed by atoms with E-state index in [-0.39, 0.29) is 17.7 Å². The molecule has 7 heteroatoms. The van der Waals surface area contributed by atoms with E-state index >= 15 is 0 Å². The van der Waals surface area contributed by atoms with Crippen molar-refractivity contribution in [1.29, 1.82) is 0 Å². The first-order chi connectivity index (χ1) is 13.9. The average molecular weight is 413 g/mol. The normalized spacial score (nSPS) is 19.1. The standard InChI is InChI=1S/C22H24N2O4S/c1-15-9-11-17(12-10-15)29(27,28)24-20(13-14-21(24)25)22(26)23-19-8-4-6-16-5-2-3-7-18(16)19/h4,6,8-12,20H,2-3,5,7,13-14H2,1H3,(H,23,26)/t20-/m1/s1. The Balaban J connectivity index is 1.61. The molecule has 2 aromatic carbocycles. The lowest BCUT2D eigenvalue weighted by Gasteiger charge is -2.25. The van der Waals surface area contributed by atoms with Gasteiger partial charge in [0.05, 0.1) is 4.90 Å². The summed E-state index contributed by atoms with van der Waals surface area (Å²) in [6.45, 7) is 1.86. The summed E-state index contributed by atoms with van der Waals surface area (Å²) in [5, 5.41) is 2.90. The third-order valence-corrected chi connectivity index (χ3v) is 7.54. The van der Waals surface area contributed by atoms with Crippen molar-refractivity contribution in [1.82, 2.24) is 4.31 Å². The van der Waals surface area contributed by atoms with Gasteiger partial charge in [-0.05, 0) is 68.4 Å². The maximum atomic E-state index is 13.1. The molecule has 0 unspecified atom stereocenters. The molecule has 0 radical (unpaired) electrons. The summed E-state index contributed by atoms with van der Waals surface area (Å²) in [5.74, 6) is -0.994. The SMILES string of the molecule is Cc1ccc(S(=O)(=O)N2C(=O)CC[C@@H]2C(=O)Nc2cccc3c2CCCC3)cc1. The summed E-state index contributed by atoms with van der Waals surface area (Å²) < 4.78 is 26.9. The molecule has 1 N–H and O–H groups in total. The number of hydrogen-bond donors (Lipinski definition) is 1. The highest BCUT2D eigenvalue weighted by Crippen LogP contribution is 2.31. The molecule has 1 aliphatic heterocycles. The maximum absolute atomic E-state index is 13.1. The van der Waals surface area contributed by atoms with Crippen molar-refractivity contribution in [2.45, 2.75) is 56.4 Å². The van der Waals surface area contributed by atoms with E-state index in [9.17, 15) is 18.0 Å². The molecule has 2 amide bonds. The van der Waals surface area contributed by atoms with E-state index in [1.165, 1.54) is 17.7 Å². The van der Waals surface area contributed by atoms with E-state index in [1.807, 2.05) is 19.1 Å². The van der Waals surface area contributed by atoms with Gasteiger partial charge in [-0.2, -0.15) is 0 Å². The fourth-order valence-electron chi connectivity index (χ4n) is 4.14. The Hall–Kier alpha value is -2.67. The number of hydrogen-bond acceptors (Lipinski definition) is 4. The fourth-order valence-corrected chi connectivity index (χ4v) is 5.74. The Bertz CT molecular complexity index is 1060. The van der Waals surface area contributed by atoms with Gasteiger partial charge in [0.2, 0.25) is 11.8 Å². The number of benzene rings is 2. The minimum absolute atomic E-state index is 0.0215. The van der Waals surface area contributed by atoms with Crippen LogP contribution >= 0.6 is 0 Å². The summed E-state index contributed by atoms with van der Waals surface area (Å²) in [7, 11) is -4.09. The molecule has 1 heterocycles. The molecule has 4 rings (SSSR count). The molecule has 29 heavy (non-hydrogen) atoms. The van der Waals surface area contributed by atoms with Crippen molar-refractivity contribution in [3.63, 3.8) is 0 Å². The van der Waals surface area contributed by atoms with Gasteiger partial charge in [0, 0.05) is 12.1 Å². The Morgan fingerprint density at radius 1 is 1.03 bits per heavy atom. The first-order valence-corrected chi connectivity index (χ1v) is 11.4. The predicted octanol–water partition coefficient (Wildman–Crippen LogP) is 3.19. The molecular formula is C22H24N2O4S. The van der Waals surface area contributed by atoms with Gasteiger partial charge in [-0.25, -0.2) is 12.7 Å². The summed E-state index contributed by atoms with van der Waals surface area (Å²) >= 11 is 0. The second-order valence-electron chi connectivity index (χ2n) is 7.70. The van der Waals surface area contributed by atoms with Gasteiger partial charge in [-0.1, -0.05) is 29.8 Å². The van der Waals surface area contributed by atoms with Gasteiger partial charge in [0.1, 0.15) is 6.04 Å². The summed E-state index contributed by atoms with van der Waals surface area (Å²) in [5.41, 5.74) is 3.98. The average Bonchev–Trinajstić information content (AvgIpc) is 3.11. The lowest BCUT2D eigenvalue weighted by atomic mass is 9.90. The number of aryl methyl sites for hydroxylation is 2. The van der Waals surface area contributed by atoms with Crippen molar-refractivity contribution in [2.24, 2.45) is 0 Å². The zero-order valence-electron chi connectivity index (χ0n) is 16.3. The number of sulfonamides is 1. The minimum atomic E-state index is -4.09. The van der Waals surface area contributed by atoms with Crippen LogP contribution in [0.4, 0.5) is 5.69 Å². The third kappa shape index (κ3) is 3.67. The molecule has 0 saturated carbocycles. The van der Waals surface area contributed by atoms with Crippen molar-refractivity contribution in [3.8, 4) is 0 Å². The molecule has 0 aromatic heterocycles. The van der Waals surface area contributed by atoms with E-state index in [0.717, 1.165) is 46.8 Å². The topological polar surface area (TPSA) is 83.6 Å². The van der Waals surface area contributed by atoms with Crippen LogP contribution in [0.15, 0.2) is 47.4 Å². The Morgan fingerprint density at radius 3 is 2.52 bits per heavy atom. The predicted molar refractivity (Wildman–Crippen MR) is 110 cm³/mol. The number of anilines is 1. The Labute approximate surface area is 171 Å². The molecule has 2 aliphatic rings. The molecular weight excluding hydrogens is 388 g/mol. The van der Waals surface area contributed by atoms with Gasteiger partial charge in [0.15, 0.2) is 0 Å². The van der Waals surface area contributed by atoms with Crippen LogP contribution in [0.1, 0.15) is 42.4 Å². The smallest absolute Gasteiger partial charge is 0.267 e. The van der Waals surface area contributed by atoms with Crippen molar-refractivity contribution < 1.29 is 18.0 Å². The highest BCUT2D eigenvalue weighted by Gasteiger charge is 2.44. The zero-order chi connectivity index (χ0) is 20.6. The van der Waals surface area contributed by atoms with Crippen LogP contribution in [0.3, 0.4) is 0 Å². The molecule has 0 bridgehead atoms. The number of fused-ring (bicyclic) bond motifs is 1. The summed E-state index contributed by atoms with van der Waals surface area (Å²) in [6, 6.07) is 11.1. The maximum Gasteiger partial charge on any atom is 0.267 e. The molecule has 152 valence electrons. The van der Waals surface area contributed by atoms with Crippen molar-refractivity contribution in [2.75, 3.05) is 5.32 Å². The van der Waals surface area contributed by atoms with Crippen molar-refractivity contribution >= 4 is 27.5 Å². The van der Waals surface area contributed by atoms with E-state index in [0.29, 0.717) is 0 Å². The van der Waals surface area contributed by atoms with Gasteiger partial charge in [-0.3, -0.25) is 9.59 Å². The number of carbonyl (C=O) groups is 2. The largest absolute Gasteiger partial charge is 0.324 e. The number of nitrogens with one attached hydrogen (secondary N) is 1. The van der Waals surface area contributed by atoms with Crippen LogP contribution in [0.5, 0.6) is 0 Å². The van der Waals surface area contributed by atoms with Crippen LogP contribution in [0.25, 0.3) is 0 Å². The first-order valence-electron chi connectivity index (χ1n) is 9.93. The van der Waals surface area contributed by atoms with Crippen LogP contribution in [-0.4, -0.2) is 30.6 Å². The number of amides is 2. The van der Waals surface area contributed by atoms with Gasteiger partial charge >= 0.3 is 0 Å². The van der Waals surface area contributed by atoms with Crippen LogP contribution in [0, 0.1) is 6.92 Å². The summed E-state index contributed by atoms with van der Waals surface area (Å²) in [4.78, 5) is 25.5. The second kappa shape index (κ2) is 7.63. The van der Waals surface area contributed by atoms with E-state index in [1.54, 1.807) is 12.1 Å². The van der Waals surface area contributed by atoms with Gasteiger partial charge in [-0.15, -0.1) is 0 Å². The Morgan fingerprint density at radius 2 is 1.76 bits per heavy atom. The lowest BCUT2D eigenvalue weighted by molar-refractivity contribution is -0.128. The van der Waals surface area contributed by atoms with Crippen LogP contribution in [0.2, 0.25) is 0 Å². The monoisotopic (exact) mass is 412 g/mol. The molecule has 6 nitrogen and oxygen atoms in total. The number of rotatable bonds is 4. The molecule has 1 aliphatic carbocycles. The van der Waals surface area contributed by atoms with Gasteiger partial charge < -0.3 is 5.32 Å². The lowest BCUT2D eigenvalue weighted by Crippen LogP contribution is -2.45. The molecule has 2 aromatic rings. The Kier molecular flexibility index (Phi) is 5.17. The molecule has 0 spiro atoms. The third-order valence-electron chi connectivity index (χ3n) is 5.69. The minimum Gasteiger partial charge on any atom is -0.324 e. The highest BCUT2D eigenvalue weighted by molar-refractivity contribution is 7.89. The molecule has 1 fully saturated rings. The van der Waals surface area contributed by atoms with Crippen LogP contribution in [-0.2, 0) is 32.5 Å². The van der Waals surface area contributed by atoms with Crippen molar-refractivity contribution in [3.05, 3.63) is 59.2 Å².